The molecule has 0 aromatic heterocycles. The van der Waals surface area contributed by atoms with E-state index in [1.54, 1.807) is 27.4 Å². The summed E-state index contributed by atoms with van der Waals surface area (Å²) in [5.74, 6) is 3.13. The lowest BCUT2D eigenvalue weighted by molar-refractivity contribution is 0.347. The lowest BCUT2D eigenvalue weighted by atomic mass is 10.0. The Labute approximate surface area is 151 Å². The third-order valence-corrected chi connectivity index (χ3v) is 4.02. The van der Waals surface area contributed by atoms with Gasteiger partial charge in [-0.2, -0.15) is 0 Å². The molecule has 0 spiro atoms. The molecule has 1 rings (SSSR count). The molecule has 0 radical (unpaired) electrons. The Hall–Kier alpha value is -2.11. The first-order chi connectivity index (χ1) is 11.9. The molecular formula is C19H33N3O3. The summed E-state index contributed by atoms with van der Waals surface area (Å²) in [4.78, 5) is 4.42. The van der Waals surface area contributed by atoms with Crippen LogP contribution >= 0.6 is 0 Å². The maximum Gasteiger partial charge on any atom is 0.189 e. The van der Waals surface area contributed by atoms with Crippen molar-refractivity contribution in [3.63, 3.8) is 0 Å². The molecular weight excluding hydrogens is 318 g/mol. The Morgan fingerprint density at radius 2 is 1.60 bits per heavy atom. The normalized spacial score (nSPS) is 12.8. The second-order valence-electron chi connectivity index (χ2n) is 6.59. The summed E-state index contributed by atoms with van der Waals surface area (Å²) in [5.41, 5.74) is 6.90. The fraction of sp³-hybridized carbons (Fsp3) is 0.632. The maximum atomic E-state index is 6.01. The van der Waals surface area contributed by atoms with Gasteiger partial charge in [0, 0.05) is 17.7 Å². The summed E-state index contributed by atoms with van der Waals surface area (Å²) < 4.78 is 16.0. The molecule has 1 aromatic rings. The molecule has 0 heterocycles. The highest BCUT2D eigenvalue weighted by molar-refractivity contribution is 5.78. The monoisotopic (exact) mass is 351 g/mol. The number of hydrogen-bond donors (Lipinski definition) is 2. The molecule has 0 amide bonds. The molecule has 0 saturated carbocycles. The van der Waals surface area contributed by atoms with E-state index in [9.17, 15) is 0 Å². The van der Waals surface area contributed by atoms with Gasteiger partial charge in [0.15, 0.2) is 17.5 Å². The second kappa shape index (κ2) is 10.7. The van der Waals surface area contributed by atoms with Gasteiger partial charge in [0.1, 0.15) is 5.75 Å². The number of hydrogen-bond acceptors (Lipinski definition) is 4. The standard InChI is InChI=1S/C19H33N3O3/c1-13(2)8-7-9-14(3)22-19(20)21-12-15-10-17(24-5)18(25-6)11-16(15)23-4/h10-11,13-14H,7-9,12H2,1-6H3,(H3,20,21,22). The minimum absolute atomic E-state index is 0.301. The van der Waals surface area contributed by atoms with Crippen LogP contribution < -0.4 is 25.3 Å². The van der Waals surface area contributed by atoms with Crippen molar-refractivity contribution in [3.05, 3.63) is 17.7 Å². The quantitative estimate of drug-likeness (QED) is 0.499. The summed E-state index contributed by atoms with van der Waals surface area (Å²) in [5, 5.41) is 3.24. The van der Waals surface area contributed by atoms with E-state index >= 15 is 0 Å². The van der Waals surface area contributed by atoms with Crippen molar-refractivity contribution in [2.24, 2.45) is 16.6 Å². The van der Waals surface area contributed by atoms with Crippen LogP contribution in [0.15, 0.2) is 17.1 Å². The van der Waals surface area contributed by atoms with E-state index < -0.39 is 0 Å². The number of nitrogens with two attached hydrogens (primary N) is 1. The number of guanidine groups is 1. The van der Waals surface area contributed by atoms with Crippen LogP contribution in [0.25, 0.3) is 0 Å². The van der Waals surface area contributed by atoms with Crippen molar-refractivity contribution in [1.29, 1.82) is 0 Å². The predicted octanol–water partition coefficient (Wildman–Crippen LogP) is 3.33. The van der Waals surface area contributed by atoms with Gasteiger partial charge >= 0.3 is 0 Å². The van der Waals surface area contributed by atoms with Crippen LogP contribution in [0.2, 0.25) is 0 Å². The first kappa shape index (κ1) is 20.9. The van der Waals surface area contributed by atoms with Gasteiger partial charge in [-0.3, -0.25) is 0 Å². The predicted molar refractivity (Wildman–Crippen MR) is 103 cm³/mol. The Morgan fingerprint density at radius 1 is 1.00 bits per heavy atom. The fourth-order valence-corrected chi connectivity index (χ4v) is 2.59. The van der Waals surface area contributed by atoms with Crippen LogP contribution in [-0.2, 0) is 6.54 Å². The average Bonchev–Trinajstić information content (AvgIpc) is 2.58. The van der Waals surface area contributed by atoms with E-state index in [1.807, 2.05) is 6.07 Å². The number of methoxy groups -OCH3 is 3. The van der Waals surface area contributed by atoms with Crippen molar-refractivity contribution in [1.82, 2.24) is 5.32 Å². The van der Waals surface area contributed by atoms with Gasteiger partial charge in [0.2, 0.25) is 0 Å². The molecule has 0 aliphatic rings. The van der Waals surface area contributed by atoms with E-state index in [4.69, 9.17) is 19.9 Å². The highest BCUT2D eigenvalue weighted by Crippen LogP contribution is 2.34. The molecule has 0 fully saturated rings. The highest BCUT2D eigenvalue weighted by Gasteiger charge is 2.12. The van der Waals surface area contributed by atoms with E-state index in [2.05, 4.69) is 31.1 Å². The number of aliphatic imine (C=N–C) groups is 1. The number of nitrogens with one attached hydrogen (secondary N) is 1. The molecule has 25 heavy (non-hydrogen) atoms. The van der Waals surface area contributed by atoms with E-state index in [-0.39, 0.29) is 0 Å². The van der Waals surface area contributed by atoms with Crippen LogP contribution in [0.3, 0.4) is 0 Å². The minimum Gasteiger partial charge on any atom is -0.496 e. The smallest absolute Gasteiger partial charge is 0.189 e. The summed E-state index contributed by atoms with van der Waals surface area (Å²) in [6, 6.07) is 3.96. The summed E-state index contributed by atoms with van der Waals surface area (Å²) >= 11 is 0. The van der Waals surface area contributed by atoms with Crippen LogP contribution in [0.1, 0.15) is 45.6 Å². The van der Waals surface area contributed by atoms with Gasteiger partial charge < -0.3 is 25.3 Å². The van der Waals surface area contributed by atoms with Gasteiger partial charge in [-0.05, 0) is 25.3 Å². The lowest BCUT2D eigenvalue weighted by Crippen LogP contribution is -2.38. The van der Waals surface area contributed by atoms with Crippen molar-refractivity contribution in [2.75, 3.05) is 21.3 Å². The Balaban J connectivity index is 2.69. The molecule has 3 N–H and O–H groups in total. The van der Waals surface area contributed by atoms with Gasteiger partial charge in [-0.15, -0.1) is 0 Å². The van der Waals surface area contributed by atoms with Gasteiger partial charge in [-0.25, -0.2) is 4.99 Å². The van der Waals surface area contributed by atoms with Gasteiger partial charge in [-0.1, -0.05) is 26.7 Å². The SMILES string of the molecule is COc1cc(OC)c(OC)cc1CN=C(N)NC(C)CCCC(C)C. The number of benzene rings is 1. The summed E-state index contributed by atoms with van der Waals surface area (Å²) in [6.07, 6.45) is 3.49. The zero-order valence-corrected chi connectivity index (χ0v) is 16.4. The second-order valence-corrected chi connectivity index (χ2v) is 6.59. The Bertz CT molecular complexity index is 559. The molecule has 1 atom stereocenters. The topological polar surface area (TPSA) is 78.1 Å². The average molecular weight is 351 g/mol. The highest BCUT2D eigenvalue weighted by atomic mass is 16.5. The molecule has 1 unspecified atom stereocenters. The molecule has 0 aliphatic heterocycles. The summed E-state index contributed by atoms with van der Waals surface area (Å²) in [7, 11) is 4.82. The van der Waals surface area contributed by atoms with Crippen molar-refractivity contribution < 1.29 is 14.2 Å². The first-order valence-corrected chi connectivity index (χ1v) is 8.76. The molecule has 0 aliphatic carbocycles. The third-order valence-electron chi connectivity index (χ3n) is 4.02. The maximum absolute atomic E-state index is 6.01. The Morgan fingerprint density at radius 3 is 2.16 bits per heavy atom. The van der Waals surface area contributed by atoms with Crippen LogP contribution in [0.4, 0.5) is 0 Å². The van der Waals surface area contributed by atoms with Crippen molar-refractivity contribution in [3.8, 4) is 17.2 Å². The number of rotatable bonds is 10. The fourth-order valence-electron chi connectivity index (χ4n) is 2.59. The van der Waals surface area contributed by atoms with Gasteiger partial charge in [0.25, 0.3) is 0 Å². The van der Waals surface area contributed by atoms with Crippen LogP contribution in [0.5, 0.6) is 17.2 Å². The van der Waals surface area contributed by atoms with E-state index in [0.717, 1.165) is 17.9 Å². The van der Waals surface area contributed by atoms with Crippen LogP contribution in [-0.4, -0.2) is 33.3 Å². The molecule has 0 bridgehead atoms. The lowest BCUT2D eigenvalue weighted by Gasteiger charge is -2.16. The first-order valence-electron chi connectivity index (χ1n) is 8.76. The molecule has 0 saturated heterocycles. The number of ether oxygens (including phenoxy) is 3. The zero-order valence-electron chi connectivity index (χ0n) is 16.4. The van der Waals surface area contributed by atoms with Gasteiger partial charge in [0.05, 0.1) is 27.9 Å². The largest absolute Gasteiger partial charge is 0.496 e. The molecule has 142 valence electrons. The minimum atomic E-state index is 0.301. The van der Waals surface area contributed by atoms with Crippen molar-refractivity contribution in [2.45, 2.75) is 52.6 Å². The zero-order chi connectivity index (χ0) is 18.8. The summed E-state index contributed by atoms with van der Waals surface area (Å²) in [6.45, 7) is 7.01. The molecule has 1 aromatic carbocycles. The van der Waals surface area contributed by atoms with Crippen molar-refractivity contribution >= 4 is 5.96 Å². The van der Waals surface area contributed by atoms with E-state index in [0.29, 0.717) is 35.8 Å². The molecule has 6 nitrogen and oxygen atoms in total. The molecule has 6 heteroatoms. The third kappa shape index (κ3) is 7.11. The number of nitrogens with zero attached hydrogens (tertiary/aromatic N) is 1. The van der Waals surface area contributed by atoms with Crippen LogP contribution in [0, 0.1) is 5.92 Å². The van der Waals surface area contributed by atoms with E-state index in [1.165, 1.54) is 12.8 Å². The Kier molecular flexibility index (Phi) is 8.95.